The SMILES string of the molecule is Nc1cccc2nc3c(cc12)CC1CCC3C1. The molecule has 0 saturated heterocycles. The molecule has 0 aliphatic heterocycles. The lowest BCUT2D eigenvalue weighted by Gasteiger charge is -2.22. The smallest absolute Gasteiger partial charge is 0.0726 e. The molecule has 17 heavy (non-hydrogen) atoms. The van der Waals surface area contributed by atoms with E-state index in [0.717, 1.165) is 28.4 Å². The van der Waals surface area contributed by atoms with Crippen LogP contribution in [0.3, 0.4) is 0 Å². The molecule has 0 spiro atoms. The molecule has 2 unspecified atom stereocenters. The first-order valence-electron chi connectivity index (χ1n) is 6.49. The van der Waals surface area contributed by atoms with Gasteiger partial charge in [0, 0.05) is 22.7 Å². The quantitative estimate of drug-likeness (QED) is 0.698. The predicted octanol–water partition coefficient (Wildman–Crippen LogP) is 3.26. The van der Waals surface area contributed by atoms with Gasteiger partial charge in [0.15, 0.2) is 0 Å². The molecule has 1 aromatic heterocycles. The maximum Gasteiger partial charge on any atom is 0.0726 e. The summed E-state index contributed by atoms with van der Waals surface area (Å²) < 4.78 is 0. The Labute approximate surface area is 101 Å². The van der Waals surface area contributed by atoms with Crippen molar-refractivity contribution in [1.82, 2.24) is 4.98 Å². The summed E-state index contributed by atoms with van der Waals surface area (Å²) in [5.74, 6) is 1.62. The molecule has 1 heterocycles. The van der Waals surface area contributed by atoms with Crippen molar-refractivity contribution in [3.05, 3.63) is 35.5 Å². The van der Waals surface area contributed by atoms with Crippen molar-refractivity contribution in [2.24, 2.45) is 5.92 Å². The van der Waals surface area contributed by atoms with Gasteiger partial charge < -0.3 is 5.73 Å². The van der Waals surface area contributed by atoms with E-state index in [2.05, 4.69) is 12.1 Å². The van der Waals surface area contributed by atoms with Gasteiger partial charge in [-0.25, -0.2) is 0 Å². The molecule has 2 aliphatic carbocycles. The number of nitrogens with two attached hydrogens (primary N) is 1. The van der Waals surface area contributed by atoms with E-state index in [0.29, 0.717) is 0 Å². The molecule has 2 atom stereocenters. The number of nitrogen functional groups attached to an aromatic ring is 1. The van der Waals surface area contributed by atoms with Crippen molar-refractivity contribution >= 4 is 16.6 Å². The minimum absolute atomic E-state index is 0.717. The number of benzene rings is 1. The molecule has 1 fully saturated rings. The van der Waals surface area contributed by atoms with Gasteiger partial charge in [-0.2, -0.15) is 0 Å². The van der Waals surface area contributed by atoms with E-state index in [1.807, 2.05) is 12.1 Å². The van der Waals surface area contributed by atoms with Crippen LogP contribution in [0.15, 0.2) is 24.3 Å². The van der Waals surface area contributed by atoms with Gasteiger partial charge in [-0.15, -0.1) is 0 Å². The lowest BCUT2D eigenvalue weighted by molar-refractivity contribution is 0.504. The Hall–Kier alpha value is -1.57. The van der Waals surface area contributed by atoms with Crippen LogP contribution in [-0.2, 0) is 6.42 Å². The molecule has 2 heteroatoms. The molecule has 0 amide bonds. The number of aromatic nitrogens is 1. The second-order valence-corrected chi connectivity index (χ2v) is 5.53. The average Bonchev–Trinajstić information content (AvgIpc) is 2.72. The van der Waals surface area contributed by atoms with Crippen LogP contribution in [0.4, 0.5) is 5.69 Å². The maximum atomic E-state index is 6.03. The van der Waals surface area contributed by atoms with E-state index in [-0.39, 0.29) is 0 Å². The van der Waals surface area contributed by atoms with Gasteiger partial charge in [0.25, 0.3) is 0 Å². The molecule has 1 saturated carbocycles. The van der Waals surface area contributed by atoms with Crippen LogP contribution in [0.25, 0.3) is 10.9 Å². The molecule has 0 radical (unpaired) electrons. The van der Waals surface area contributed by atoms with Crippen molar-refractivity contribution < 1.29 is 0 Å². The lowest BCUT2D eigenvalue weighted by Crippen LogP contribution is -2.12. The van der Waals surface area contributed by atoms with Gasteiger partial charge >= 0.3 is 0 Å². The molecular formula is C15H16N2. The van der Waals surface area contributed by atoms with Gasteiger partial charge in [0.2, 0.25) is 0 Å². The van der Waals surface area contributed by atoms with Crippen LogP contribution in [0.2, 0.25) is 0 Å². The Morgan fingerprint density at radius 1 is 1.24 bits per heavy atom. The Morgan fingerprint density at radius 3 is 3.12 bits per heavy atom. The van der Waals surface area contributed by atoms with Crippen molar-refractivity contribution in [3.63, 3.8) is 0 Å². The predicted molar refractivity (Wildman–Crippen MR) is 69.9 cm³/mol. The molecule has 1 aromatic carbocycles. The molecule has 2 N–H and O–H groups in total. The molecule has 2 aromatic rings. The third kappa shape index (κ3) is 1.30. The summed E-state index contributed by atoms with van der Waals surface area (Å²) in [5, 5.41) is 1.13. The van der Waals surface area contributed by atoms with Gasteiger partial charge in [0.05, 0.1) is 5.52 Å². The van der Waals surface area contributed by atoms with Crippen molar-refractivity contribution in [3.8, 4) is 0 Å². The lowest BCUT2D eigenvalue weighted by atomic mass is 9.86. The Kier molecular flexibility index (Phi) is 1.79. The van der Waals surface area contributed by atoms with E-state index in [1.54, 1.807) is 0 Å². The minimum Gasteiger partial charge on any atom is -0.398 e. The molecule has 86 valence electrons. The van der Waals surface area contributed by atoms with Crippen LogP contribution in [-0.4, -0.2) is 4.98 Å². The van der Waals surface area contributed by atoms with E-state index < -0.39 is 0 Å². The largest absolute Gasteiger partial charge is 0.398 e. The second-order valence-electron chi connectivity index (χ2n) is 5.53. The zero-order valence-electron chi connectivity index (χ0n) is 9.82. The van der Waals surface area contributed by atoms with Gasteiger partial charge in [-0.3, -0.25) is 4.98 Å². The number of anilines is 1. The average molecular weight is 224 g/mol. The van der Waals surface area contributed by atoms with E-state index in [4.69, 9.17) is 10.7 Å². The summed E-state index contributed by atoms with van der Waals surface area (Å²) in [6, 6.07) is 8.33. The van der Waals surface area contributed by atoms with Gasteiger partial charge in [0.1, 0.15) is 0 Å². The van der Waals surface area contributed by atoms with Crippen LogP contribution in [0.5, 0.6) is 0 Å². The van der Waals surface area contributed by atoms with Crippen LogP contribution in [0, 0.1) is 5.92 Å². The minimum atomic E-state index is 0.717. The number of pyridine rings is 1. The topological polar surface area (TPSA) is 38.9 Å². The number of hydrogen-bond donors (Lipinski definition) is 1. The first-order valence-corrected chi connectivity index (χ1v) is 6.49. The monoisotopic (exact) mass is 224 g/mol. The summed E-state index contributed by atoms with van der Waals surface area (Å²) in [7, 11) is 0. The fourth-order valence-corrected chi connectivity index (χ4v) is 3.61. The Morgan fingerprint density at radius 2 is 2.18 bits per heavy atom. The second kappa shape index (κ2) is 3.22. The maximum absolute atomic E-state index is 6.03. The highest BCUT2D eigenvalue weighted by atomic mass is 14.7. The van der Waals surface area contributed by atoms with Crippen molar-refractivity contribution in [2.75, 3.05) is 5.73 Å². The Bertz CT molecular complexity index is 603. The summed E-state index contributed by atoms with van der Waals surface area (Å²) in [6.45, 7) is 0. The molecule has 2 aliphatic rings. The number of hydrogen-bond acceptors (Lipinski definition) is 2. The highest BCUT2D eigenvalue weighted by Crippen LogP contribution is 2.46. The first kappa shape index (κ1) is 9.46. The van der Waals surface area contributed by atoms with E-state index in [9.17, 15) is 0 Å². The summed E-state index contributed by atoms with van der Waals surface area (Å²) in [4.78, 5) is 4.88. The summed E-state index contributed by atoms with van der Waals surface area (Å²) >= 11 is 0. The third-order valence-corrected chi connectivity index (χ3v) is 4.44. The normalized spacial score (nSPS) is 26.1. The molecule has 2 nitrogen and oxygen atoms in total. The highest BCUT2D eigenvalue weighted by molar-refractivity contribution is 5.90. The fraction of sp³-hybridized carbons (Fsp3) is 0.400. The van der Waals surface area contributed by atoms with Gasteiger partial charge in [-0.1, -0.05) is 6.07 Å². The zero-order chi connectivity index (χ0) is 11.4. The highest BCUT2D eigenvalue weighted by Gasteiger charge is 2.33. The number of nitrogens with zero attached hydrogens (tertiary/aromatic N) is 1. The number of rotatable bonds is 0. The zero-order valence-corrected chi connectivity index (χ0v) is 9.82. The van der Waals surface area contributed by atoms with Crippen LogP contribution in [0.1, 0.15) is 36.4 Å². The van der Waals surface area contributed by atoms with Gasteiger partial charge in [-0.05, 0) is 55.4 Å². The van der Waals surface area contributed by atoms with Crippen molar-refractivity contribution in [2.45, 2.75) is 31.6 Å². The Balaban J connectivity index is 2.00. The molecular weight excluding hydrogens is 208 g/mol. The first-order chi connectivity index (χ1) is 8.31. The van der Waals surface area contributed by atoms with Crippen molar-refractivity contribution in [1.29, 1.82) is 0 Å². The summed E-state index contributed by atoms with van der Waals surface area (Å²) in [5.41, 5.74) is 10.8. The third-order valence-electron chi connectivity index (χ3n) is 4.44. The van der Waals surface area contributed by atoms with Crippen LogP contribution >= 0.6 is 0 Å². The van der Waals surface area contributed by atoms with E-state index >= 15 is 0 Å². The fourth-order valence-electron chi connectivity index (χ4n) is 3.61. The standard InChI is InChI=1S/C15H16N2/c16-13-2-1-3-14-12(13)8-11-7-9-4-5-10(6-9)15(11)17-14/h1-3,8-10H,4-7,16H2. The number of fused-ring (bicyclic) bond motifs is 5. The van der Waals surface area contributed by atoms with E-state index in [1.165, 1.54) is 36.9 Å². The summed E-state index contributed by atoms with van der Waals surface area (Å²) in [6.07, 6.45) is 5.28. The molecule has 2 bridgehead atoms. The van der Waals surface area contributed by atoms with Crippen LogP contribution < -0.4 is 5.73 Å². The molecule has 4 rings (SSSR count).